The van der Waals surface area contributed by atoms with Crippen molar-refractivity contribution in [1.82, 2.24) is 0 Å². The fourth-order valence-electron chi connectivity index (χ4n) is 5.72. The molecule has 1 atom stereocenters. The molecule has 0 saturated carbocycles. The second kappa shape index (κ2) is 18.8. The molecule has 3 aromatic rings. The minimum absolute atomic E-state index is 0.319. The van der Waals surface area contributed by atoms with Crippen LogP contribution in [-0.2, 0) is 4.84 Å². The van der Waals surface area contributed by atoms with Gasteiger partial charge in [-0.1, -0.05) is 49.7 Å². The van der Waals surface area contributed by atoms with Gasteiger partial charge in [0.05, 0.1) is 61.6 Å². The predicted molar refractivity (Wildman–Crippen MR) is 186 cm³/mol. The zero-order chi connectivity index (χ0) is 34.3. The predicted octanol–water partition coefficient (Wildman–Crippen LogP) is 8.49. The summed E-state index contributed by atoms with van der Waals surface area (Å²) in [5.41, 5.74) is 3.65. The van der Waals surface area contributed by atoms with Crippen LogP contribution in [0.25, 0.3) is 0 Å². The number of aryl methyl sites for hydroxylation is 1. The monoisotopic (exact) mass is 665 g/mol. The van der Waals surface area contributed by atoms with E-state index >= 15 is 0 Å². The summed E-state index contributed by atoms with van der Waals surface area (Å²) in [6.45, 7) is 3.35. The lowest BCUT2D eigenvalue weighted by molar-refractivity contribution is 0.0852. The van der Waals surface area contributed by atoms with E-state index in [-0.39, 0.29) is 6.10 Å². The molecule has 3 aromatic carbocycles. The van der Waals surface area contributed by atoms with Gasteiger partial charge in [-0.25, -0.2) is 0 Å². The lowest BCUT2D eigenvalue weighted by Crippen LogP contribution is -2.06. The van der Waals surface area contributed by atoms with Crippen LogP contribution in [-0.4, -0.2) is 61.6 Å². The van der Waals surface area contributed by atoms with Crippen molar-refractivity contribution in [2.75, 3.05) is 55.9 Å². The van der Waals surface area contributed by atoms with Crippen LogP contribution >= 0.6 is 0 Å². The lowest BCUT2D eigenvalue weighted by Gasteiger charge is -2.18. The number of hydrogen-bond donors (Lipinski definition) is 0. The largest absolute Gasteiger partial charge is 0.493 e. The van der Waals surface area contributed by atoms with E-state index in [0.717, 1.165) is 54.0 Å². The van der Waals surface area contributed by atoms with Crippen LogP contribution in [0.4, 0.5) is 0 Å². The number of benzene rings is 3. The van der Waals surface area contributed by atoms with Gasteiger partial charge >= 0.3 is 0 Å². The molecule has 0 fully saturated rings. The van der Waals surface area contributed by atoms with Crippen molar-refractivity contribution in [2.45, 2.75) is 70.8 Å². The summed E-state index contributed by atoms with van der Waals surface area (Å²) in [6.07, 6.45) is 9.34. The van der Waals surface area contributed by atoms with E-state index in [0.29, 0.717) is 54.1 Å². The highest BCUT2D eigenvalue weighted by molar-refractivity contribution is 6.02. The molecule has 0 radical (unpaired) electrons. The van der Waals surface area contributed by atoms with E-state index in [9.17, 15) is 0 Å². The van der Waals surface area contributed by atoms with Gasteiger partial charge in [0.15, 0.2) is 40.6 Å². The minimum atomic E-state index is -0.319. The van der Waals surface area contributed by atoms with Gasteiger partial charge < -0.3 is 42.7 Å². The van der Waals surface area contributed by atoms with E-state index in [4.69, 9.17) is 42.7 Å². The van der Waals surface area contributed by atoms with E-state index in [1.165, 1.54) is 31.2 Å². The molecule has 1 unspecified atom stereocenters. The van der Waals surface area contributed by atoms with Gasteiger partial charge in [-0.15, -0.1) is 0 Å². The first-order valence-corrected chi connectivity index (χ1v) is 16.6. The molecular weight excluding hydrogens is 614 g/mol. The first kappa shape index (κ1) is 36.4. The Morgan fingerprint density at radius 1 is 0.562 bits per heavy atom. The summed E-state index contributed by atoms with van der Waals surface area (Å²) >= 11 is 0. The van der Waals surface area contributed by atoms with Crippen LogP contribution < -0.4 is 37.9 Å². The molecule has 10 nitrogen and oxygen atoms in total. The van der Waals surface area contributed by atoms with E-state index in [1.54, 1.807) is 42.7 Å². The fraction of sp³-hybridized carbons (Fsp3) is 0.500. The zero-order valence-corrected chi connectivity index (χ0v) is 29.5. The zero-order valence-electron chi connectivity index (χ0n) is 29.5. The van der Waals surface area contributed by atoms with Gasteiger partial charge in [-0.05, 0) is 61.7 Å². The van der Waals surface area contributed by atoms with E-state index in [2.05, 4.69) is 12.1 Å². The number of nitrogens with zero attached hydrogens (tertiary/aromatic N) is 1. The molecule has 0 amide bonds. The Hall–Kier alpha value is -4.47. The molecule has 4 rings (SSSR count). The topological polar surface area (TPSA) is 95.4 Å². The van der Waals surface area contributed by atoms with Crippen molar-refractivity contribution >= 4 is 5.71 Å². The van der Waals surface area contributed by atoms with Gasteiger partial charge in [-0.3, -0.25) is 0 Å². The molecule has 10 heteroatoms. The van der Waals surface area contributed by atoms with Gasteiger partial charge in [-0.2, -0.15) is 0 Å². The lowest BCUT2D eigenvalue weighted by atomic mass is 9.99. The quantitative estimate of drug-likeness (QED) is 0.104. The number of rotatable bonds is 21. The smallest absolute Gasteiger partial charge is 0.203 e. The second-order valence-electron chi connectivity index (χ2n) is 11.7. The van der Waals surface area contributed by atoms with Crippen LogP contribution in [0.3, 0.4) is 0 Å². The normalized spacial score (nSPS) is 13.7. The Balaban J connectivity index is 1.18. The highest BCUT2D eigenvalue weighted by Crippen LogP contribution is 2.44. The molecular formula is C38H51NO9. The molecule has 48 heavy (non-hydrogen) atoms. The maximum atomic E-state index is 6.18. The second-order valence-corrected chi connectivity index (χ2v) is 11.7. The first-order valence-electron chi connectivity index (χ1n) is 16.6. The number of oxime groups is 1. The third kappa shape index (κ3) is 9.55. The number of ether oxygens (including phenoxy) is 8. The van der Waals surface area contributed by atoms with Crippen LogP contribution in [0.2, 0.25) is 0 Å². The average molecular weight is 666 g/mol. The van der Waals surface area contributed by atoms with Crippen LogP contribution in [0.1, 0.15) is 80.6 Å². The molecule has 1 aliphatic rings. The Kier molecular flexibility index (Phi) is 14.2. The highest BCUT2D eigenvalue weighted by atomic mass is 16.6. The molecule has 0 saturated heterocycles. The summed E-state index contributed by atoms with van der Waals surface area (Å²) in [6, 6.07) is 13.6. The number of hydrogen-bond acceptors (Lipinski definition) is 10. The van der Waals surface area contributed by atoms with Gasteiger partial charge in [0, 0.05) is 17.5 Å². The number of methoxy groups -OCH3 is 6. The highest BCUT2D eigenvalue weighted by Gasteiger charge is 2.28. The van der Waals surface area contributed by atoms with E-state index in [1.807, 2.05) is 42.5 Å². The van der Waals surface area contributed by atoms with Crippen molar-refractivity contribution in [1.29, 1.82) is 0 Å². The Morgan fingerprint density at radius 2 is 1.08 bits per heavy atom. The van der Waals surface area contributed by atoms with Gasteiger partial charge in [0.2, 0.25) is 11.5 Å². The number of unbranched alkanes of at least 4 members (excludes halogenated alkanes) is 7. The van der Waals surface area contributed by atoms with Crippen LogP contribution in [0.15, 0.2) is 47.6 Å². The molecule has 0 spiro atoms. The van der Waals surface area contributed by atoms with Crippen molar-refractivity contribution in [3.8, 4) is 46.0 Å². The first-order chi connectivity index (χ1) is 23.5. The van der Waals surface area contributed by atoms with Crippen molar-refractivity contribution in [2.24, 2.45) is 5.16 Å². The van der Waals surface area contributed by atoms with Crippen molar-refractivity contribution in [3.63, 3.8) is 0 Å². The molecule has 0 aliphatic carbocycles. The van der Waals surface area contributed by atoms with Crippen LogP contribution in [0.5, 0.6) is 46.0 Å². The molecule has 0 N–H and O–H groups in total. The summed E-state index contributed by atoms with van der Waals surface area (Å²) in [4.78, 5) is 5.86. The third-order valence-electron chi connectivity index (χ3n) is 8.38. The molecule has 1 heterocycles. The molecule has 1 aliphatic heterocycles. The maximum absolute atomic E-state index is 6.18. The standard InChI is InChI=1S/C38H51NO9/c1-26-16-17-30(40-2)32(20-26)46-18-14-12-10-8-9-11-13-15-19-47-38-35(43-5)23-28(24-36(38)44-6)31-25-29(39-48-31)27-21-33(41-3)37(45-7)34(22-27)42-4/h16-17,20-24,31H,8-15,18-19,25H2,1-7H3. The van der Waals surface area contributed by atoms with Gasteiger partial charge in [0.25, 0.3) is 0 Å². The van der Waals surface area contributed by atoms with Crippen LogP contribution in [0, 0.1) is 6.92 Å². The third-order valence-corrected chi connectivity index (χ3v) is 8.38. The summed E-state index contributed by atoms with van der Waals surface area (Å²) in [5, 5.41) is 4.38. The fourth-order valence-corrected chi connectivity index (χ4v) is 5.72. The molecule has 0 aromatic heterocycles. The Labute approximate surface area is 285 Å². The Bertz CT molecular complexity index is 1440. The van der Waals surface area contributed by atoms with Crippen molar-refractivity contribution < 1.29 is 42.7 Å². The Morgan fingerprint density at radius 3 is 1.62 bits per heavy atom. The summed E-state index contributed by atoms with van der Waals surface area (Å²) in [5.74, 6) is 5.04. The maximum Gasteiger partial charge on any atom is 0.203 e. The minimum Gasteiger partial charge on any atom is -0.493 e. The average Bonchev–Trinajstić information content (AvgIpc) is 3.62. The van der Waals surface area contributed by atoms with Crippen molar-refractivity contribution in [3.05, 3.63) is 59.2 Å². The molecule has 262 valence electrons. The van der Waals surface area contributed by atoms with Gasteiger partial charge in [0.1, 0.15) is 0 Å². The molecule has 0 bridgehead atoms. The summed E-state index contributed by atoms with van der Waals surface area (Å²) in [7, 11) is 9.69. The summed E-state index contributed by atoms with van der Waals surface area (Å²) < 4.78 is 45.4. The SMILES string of the molecule is COc1ccc(C)cc1OCCCCCCCCCCOc1c(OC)cc(C2CC(c3cc(OC)c(OC)c(OC)c3)=NO2)cc1OC. The van der Waals surface area contributed by atoms with E-state index < -0.39 is 0 Å².